The first-order chi connectivity index (χ1) is 9.90. The van der Waals surface area contributed by atoms with E-state index in [0.717, 1.165) is 0 Å². The molecular weight excluding hydrogens is 313 g/mol. The van der Waals surface area contributed by atoms with E-state index < -0.39 is 5.97 Å². The van der Waals surface area contributed by atoms with Crippen LogP contribution in [0.1, 0.15) is 19.4 Å². The first kappa shape index (κ1) is 17.5. The van der Waals surface area contributed by atoms with Crippen molar-refractivity contribution in [2.24, 2.45) is 5.92 Å². The summed E-state index contributed by atoms with van der Waals surface area (Å²) in [6.07, 6.45) is 2.64. The molecule has 0 fully saturated rings. The normalized spacial score (nSPS) is 10.9. The maximum atomic E-state index is 11.5. The summed E-state index contributed by atoms with van der Waals surface area (Å²) >= 11 is 11.9. The van der Waals surface area contributed by atoms with Gasteiger partial charge in [0.2, 0.25) is 0 Å². The zero-order chi connectivity index (χ0) is 15.8. The fraction of sp³-hybridized carbons (Fsp3) is 0.333. The minimum Gasteiger partial charge on any atom is -0.452 e. The third-order valence-corrected chi connectivity index (χ3v) is 3.10. The van der Waals surface area contributed by atoms with Crippen LogP contribution < -0.4 is 5.32 Å². The number of amides is 1. The maximum Gasteiger partial charge on any atom is 0.331 e. The van der Waals surface area contributed by atoms with Crippen LogP contribution in [-0.2, 0) is 14.3 Å². The molecule has 4 nitrogen and oxygen atoms in total. The summed E-state index contributed by atoms with van der Waals surface area (Å²) in [5.74, 6) is -0.626. The number of hydrogen-bond donors (Lipinski definition) is 1. The molecule has 1 rings (SSSR count). The van der Waals surface area contributed by atoms with Gasteiger partial charge >= 0.3 is 5.97 Å². The molecule has 1 aromatic rings. The highest BCUT2D eigenvalue weighted by Crippen LogP contribution is 2.25. The van der Waals surface area contributed by atoms with Crippen LogP contribution in [0.4, 0.5) is 0 Å². The molecule has 0 aromatic heterocycles. The van der Waals surface area contributed by atoms with E-state index in [9.17, 15) is 9.59 Å². The van der Waals surface area contributed by atoms with Crippen molar-refractivity contribution >= 4 is 41.2 Å². The van der Waals surface area contributed by atoms with E-state index >= 15 is 0 Å². The van der Waals surface area contributed by atoms with Gasteiger partial charge in [-0.15, -0.1) is 0 Å². The molecule has 0 atom stereocenters. The number of benzene rings is 1. The lowest BCUT2D eigenvalue weighted by Crippen LogP contribution is -2.31. The van der Waals surface area contributed by atoms with E-state index in [-0.39, 0.29) is 12.5 Å². The van der Waals surface area contributed by atoms with Crippen LogP contribution >= 0.6 is 23.2 Å². The molecule has 0 aliphatic heterocycles. The van der Waals surface area contributed by atoms with Gasteiger partial charge in [0.05, 0.1) is 0 Å². The Balaban J connectivity index is 2.47. The number of ether oxygens (including phenoxy) is 1. The van der Waals surface area contributed by atoms with Crippen molar-refractivity contribution in [3.8, 4) is 0 Å². The minimum absolute atomic E-state index is 0.313. The lowest BCUT2D eigenvalue weighted by atomic mass is 10.2. The van der Waals surface area contributed by atoms with Gasteiger partial charge in [0, 0.05) is 28.2 Å². The fourth-order valence-corrected chi connectivity index (χ4v) is 1.90. The number of hydrogen-bond acceptors (Lipinski definition) is 3. The van der Waals surface area contributed by atoms with Gasteiger partial charge in [0.25, 0.3) is 5.91 Å². The summed E-state index contributed by atoms with van der Waals surface area (Å²) < 4.78 is 4.81. The summed E-state index contributed by atoms with van der Waals surface area (Å²) in [6.45, 7) is 4.18. The monoisotopic (exact) mass is 329 g/mol. The van der Waals surface area contributed by atoms with Crippen molar-refractivity contribution in [2.45, 2.75) is 13.8 Å². The summed E-state index contributed by atoms with van der Waals surface area (Å²) in [5.41, 5.74) is 0.530. The number of rotatable bonds is 6. The Morgan fingerprint density at radius 2 is 1.90 bits per heavy atom. The highest BCUT2D eigenvalue weighted by Gasteiger charge is 2.06. The maximum absolute atomic E-state index is 11.5. The quantitative estimate of drug-likeness (QED) is 0.643. The second kappa shape index (κ2) is 8.70. The Labute approximate surface area is 134 Å². The largest absolute Gasteiger partial charge is 0.452 e. The average Bonchev–Trinajstić information content (AvgIpc) is 2.42. The van der Waals surface area contributed by atoms with Crippen molar-refractivity contribution in [1.82, 2.24) is 5.32 Å². The van der Waals surface area contributed by atoms with Crippen LogP contribution in [0.5, 0.6) is 0 Å². The second-order valence-electron chi connectivity index (χ2n) is 4.77. The zero-order valence-electron chi connectivity index (χ0n) is 11.9. The standard InChI is InChI=1S/C15H17Cl2NO3/c1-10(2)8-18-14(19)9-21-15(20)7-6-11-12(16)4-3-5-13(11)17/h3-7,10H,8-9H2,1-2H3,(H,18,19)/b7-6+. The zero-order valence-corrected chi connectivity index (χ0v) is 13.4. The molecule has 1 aromatic carbocycles. The molecule has 0 spiro atoms. The summed E-state index contributed by atoms with van der Waals surface area (Å²) in [5, 5.41) is 3.51. The van der Waals surface area contributed by atoms with E-state index in [1.165, 1.54) is 12.2 Å². The molecule has 0 aliphatic carbocycles. The lowest BCUT2D eigenvalue weighted by molar-refractivity contribution is -0.143. The number of esters is 1. The molecule has 0 heterocycles. The van der Waals surface area contributed by atoms with Gasteiger partial charge in [-0.05, 0) is 24.1 Å². The number of nitrogens with one attached hydrogen (secondary N) is 1. The lowest BCUT2D eigenvalue weighted by Gasteiger charge is -2.07. The Bertz CT molecular complexity index is 521. The first-order valence-corrected chi connectivity index (χ1v) is 7.21. The molecule has 0 bridgehead atoms. The van der Waals surface area contributed by atoms with Gasteiger partial charge in [-0.1, -0.05) is 43.1 Å². The van der Waals surface area contributed by atoms with E-state index in [1.54, 1.807) is 18.2 Å². The van der Waals surface area contributed by atoms with Crippen molar-refractivity contribution in [1.29, 1.82) is 0 Å². The Hall–Kier alpha value is -1.52. The van der Waals surface area contributed by atoms with Crippen molar-refractivity contribution in [3.63, 3.8) is 0 Å². The summed E-state index contributed by atoms with van der Waals surface area (Å²) in [4.78, 5) is 22.9. The van der Waals surface area contributed by atoms with Crippen LogP contribution in [0.2, 0.25) is 10.0 Å². The van der Waals surface area contributed by atoms with Crippen LogP contribution in [0.3, 0.4) is 0 Å². The molecule has 0 saturated carbocycles. The topological polar surface area (TPSA) is 55.4 Å². The van der Waals surface area contributed by atoms with E-state index in [1.807, 2.05) is 13.8 Å². The van der Waals surface area contributed by atoms with Crippen LogP contribution in [0.15, 0.2) is 24.3 Å². The number of carbonyl (C=O) groups is 2. The third-order valence-electron chi connectivity index (χ3n) is 2.44. The van der Waals surface area contributed by atoms with Crippen molar-refractivity contribution in [2.75, 3.05) is 13.2 Å². The van der Waals surface area contributed by atoms with Crippen LogP contribution in [-0.4, -0.2) is 25.0 Å². The molecule has 21 heavy (non-hydrogen) atoms. The molecule has 114 valence electrons. The molecule has 1 amide bonds. The van der Waals surface area contributed by atoms with Gasteiger partial charge in [0.1, 0.15) is 0 Å². The van der Waals surface area contributed by atoms with E-state index in [4.69, 9.17) is 27.9 Å². The average molecular weight is 330 g/mol. The molecular formula is C15H17Cl2NO3. The third kappa shape index (κ3) is 6.65. The molecule has 0 saturated heterocycles. The van der Waals surface area contributed by atoms with Gasteiger partial charge in [0.15, 0.2) is 6.61 Å². The highest BCUT2D eigenvalue weighted by molar-refractivity contribution is 6.37. The smallest absolute Gasteiger partial charge is 0.331 e. The summed E-state index contributed by atoms with van der Waals surface area (Å²) in [7, 11) is 0. The Morgan fingerprint density at radius 1 is 1.29 bits per heavy atom. The van der Waals surface area contributed by atoms with Gasteiger partial charge in [-0.25, -0.2) is 4.79 Å². The SMILES string of the molecule is CC(C)CNC(=O)COC(=O)/C=C/c1c(Cl)cccc1Cl. The van der Waals surface area contributed by atoms with E-state index in [0.29, 0.717) is 28.1 Å². The number of halogens is 2. The molecule has 1 N–H and O–H groups in total. The number of carbonyl (C=O) groups excluding carboxylic acids is 2. The fourth-order valence-electron chi connectivity index (χ4n) is 1.38. The minimum atomic E-state index is -0.634. The Kier molecular flexibility index (Phi) is 7.26. The van der Waals surface area contributed by atoms with Crippen LogP contribution in [0.25, 0.3) is 6.08 Å². The molecule has 6 heteroatoms. The molecule has 0 unspecified atom stereocenters. The predicted molar refractivity (Wildman–Crippen MR) is 84.3 cm³/mol. The second-order valence-corrected chi connectivity index (χ2v) is 5.59. The van der Waals surface area contributed by atoms with E-state index in [2.05, 4.69) is 5.32 Å². The molecule has 0 aliphatic rings. The van der Waals surface area contributed by atoms with Gasteiger partial charge < -0.3 is 10.1 Å². The van der Waals surface area contributed by atoms with Gasteiger partial charge in [-0.2, -0.15) is 0 Å². The van der Waals surface area contributed by atoms with Crippen molar-refractivity contribution < 1.29 is 14.3 Å². The van der Waals surface area contributed by atoms with Gasteiger partial charge in [-0.3, -0.25) is 4.79 Å². The Morgan fingerprint density at radius 3 is 2.48 bits per heavy atom. The highest BCUT2D eigenvalue weighted by atomic mass is 35.5. The van der Waals surface area contributed by atoms with Crippen LogP contribution in [0, 0.1) is 5.92 Å². The predicted octanol–water partition coefficient (Wildman–Crippen LogP) is 3.32. The summed E-state index contributed by atoms with van der Waals surface area (Å²) in [6, 6.07) is 5.04. The first-order valence-electron chi connectivity index (χ1n) is 6.45. The van der Waals surface area contributed by atoms with Crippen molar-refractivity contribution in [3.05, 3.63) is 39.9 Å². The molecule has 0 radical (unpaired) electrons.